The van der Waals surface area contributed by atoms with E-state index in [9.17, 15) is 66.0 Å². The third kappa shape index (κ3) is 20.3. The Kier molecular flexibility index (Phi) is 22.5. The van der Waals surface area contributed by atoms with E-state index in [2.05, 4.69) is 10.3 Å². The molecule has 2 atom stereocenters. The summed E-state index contributed by atoms with van der Waals surface area (Å²) < 4.78 is 81.4. The van der Waals surface area contributed by atoms with Crippen molar-refractivity contribution in [3.63, 3.8) is 0 Å². The van der Waals surface area contributed by atoms with Gasteiger partial charge in [0, 0.05) is 31.9 Å². The minimum Gasteiger partial charge on any atom is -0.481 e. The standard InChI is InChI=1S/C45H56N10O18S2/c1-27-22-31(8-15-35(27)51-45(48)49)43(65)73-34-13-4-29(5-14-34)26-55(75(68,69)53-37(41(62)63)24-39(58)59)17-19-71-21-20-70-18-16-54(74(66,67)52-36(40(60)61)23-38(56)57)25-28-2-11-33(12-3-28)72-42(64)30-6-9-32(10-7-30)50-44(46)47/h2-15,22,36-37,45,51-53H,16-21,23-26,48-49H2,1H3,(H,56,57)(H,58,59)(H,60,61)(H,62,63)(H4,46,47,50)/t36-,37-/m0/s1. The number of rotatable bonds is 32. The average molecular weight is 1090 g/mol. The zero-order chi connectivity index (χ0) is 55.5. The Morgan fingerprint density at radius 3 is 1.39 bits per heavy atom. The van der Waals surface area contributed by atoms with Crippen LogP contribution in [0.3, 0.4) is 0 Å². The Morgan fingerprint density at radius 2 is 1.01 bits per heavy atom. The third-order valence-electron chi connectivity index (χ3n) is 10.1. The van der Waals surface area contributed by atoms with Gasteiger partial charge in [-0.2, -0.15) is 34.9 Å². The van der Waals surface area contributed by atoms with E-state index in [1.165, 1.54) is 78.9 Å². The van der Waals surface area contributed by atoms with E-state index in [4.69, 9.17) is 41.9 Å². The van der Waals surface area contributed by atoms with Gasteiger partial charge in [0.2, 0.25) is 0 Å². The highest BCUT2D eigenvalue weighted by atomic mass is 32.2. The van der Waals surface area contributed by atoms with Crippen LogP contribution in [0.1, 0.15) is 50.2 Å². The fourth-order valence-electron chi connectivity index (χ4n) is 6.46. The molecule has 4 aromatic rings. The number of carboxylic acid groups (broad SMARTS) is 4. The van der Waals surface area contributed by atoms with E-state index in [1.807, 2.05) is 9.44 Å². The van der Waals surface area contributed by atoms with Gasteiger partial charge in [-0.15, -0.1) is 0 Å². The first kappa shape index (κ1) is 59.9. The van der Waals surface area contributed by atoms with E-state index in [0.29, 0.717) is 28.1 Å². The Morgan fingerprint density at radius 1 is 0.600 bits per heavy atom. The second-order valence-electron chi connectivity index (χ2n) is 16.0. The van der Waals surface area contributed by atoms with Gasteiger partial charge < -0.3 is 56.2 Å². The predicted molar refractivity (Wildman–Crippen MR) is 266 cm³/mol. The van der Waals surface area contributed by atoms with Gasteiger partial charge in [0.1, 0.15) is 29.9 Å². The van der Waals surface area contributed by atoms with E-state index >= 15 is 0 Å². The molecule has 4 rings (SSSR count). The number of nitrogens with two attached hydrogens (primary N) is 4. The molecule has 75 heavy (non-hydrogen) atoms. The van der Waals surface area contributed by atoms with Gasteiger partial charge >= 0.3 is 35.8 Å². The number of carbonyl (C=O) groups excluding carboxylic acids is 2. The normalized spacial score (nSPS) is 12.5. The number of benzene rings is 4. The molecule has 4 aromatic carbocycles. The zero-order valence-electron chi connectivity index (χ0n) is 39.9. The summed E-state index contributed by atoms with van der Waals surface area (Å²) in [4.78, 5) is 75.7. The van der Waals surface area contributed by atoms with Gasteiger partial charge in [0.25, 0.3) is 20.4 Å². The van der Waals surface area contributed by atoms with Crippen LogP contribution in [0, 0.1) is 6.92 Å². The van der Waals surface area contributed by atoms with Crippen LogP contribution in [0.15, 0.2) is 96.0 Å². The van der Waals surface area contributed by atoms with Gasteiger partial charge in [-0.1, -0.05) is 24.3 Å². The van der Waals surface area contributed by atoms with Gasteiger partial charge in [-0.05, 0) is 90.3 Å². The maximum atomic E-state index is 13.5. The largest absolute Gasteiger partial charge is 0.481 e. The number of anilines is 1. The summed E-state index contributed by atoms with van der Waals surface area (Å²) in [5.74, 6) is -8.14. The molecule has 0 heterocycles. The van der Waals surface area contributed by atoms with Crippen LogP contribution < -0.4 is 47.2 Å². The monoisotopic (exact) mass is 1090 g/mol. The molecule has 28 nitrogen and oxygen atoms in total. The number of nitrogens with one attached hydrogen (secondary N) is 3. The lowest BCUT2D eigenvalue weighted by Gasteiger charge is -2.25. The lowest BCUT2D eigenvalue weighted by molar-refractivity contribution is -0.145. The number of aliphatic carboxylic acids is 4. The van der Waals surface area contributed by atoms with E-state index in [0.717, 1.165) is 8.61 Å². The Bertz CT molecular complexity index is 2890. The molecule has 0 amide bonds. The summed E-state index contributed by atoms with van der Waals surface area (Å²) in [6.45, 7) is -1.00. The number of carbonyl (C=O) groups is 6. The molecule has 0 radical (unpaired) electrons. The van der Waals surface area contributed by atoms with Crippen LogP contribution in [0.5, 0.6) is 11.5 Å². The highest BCUT2D eigenvalue weighted by Gasteiger charge is 2.32. The number of aryl methyl sites for hydroxylation is 1. The molecule has 0 aliphatic rings. The molecule has 0 aliphatic heterocycles. The SMILES string of the molecule is Cc1cc(C(=O)Oc2ccc(CN(CCOCCOCCN(Cc3ccc(OC(=O)c4ccc(N=C(N)N)cc4)cc3)S(=O)(=O)N[C@@H](CC(=O)O)C(=O)O)S(=O)(=O)N[C@@H](CC(=O)O)C(=O)O)cc2)ccc1NC(N)N. The van der Waals surface area contributed by atoms with Gasteiger partial charge in [-0.25, -0.2) is 14.6 Å². The number of esters is 2. The topological polar surface area (TPSA) is 448 Å². The van der Waals surface area contributed by atoms with Crippen LogP contribution in [0.2, 0.25) is 0 Å². The number of hydrogen-bond donors (Lipinski definition) is 11. The molecule has 0 saturated heterocycles. The second kappa shape index (κ2) is 28.1. The number of carboxylic acids is 4. The van der Waals surface area contributed by atoms with Crippen molar-refractivity contribution in [1.82, 2.24) is 18.1 Å². The predicted octanol–water partition coefficient (Wildman–Crippen LogP) is -0.187. The van der Waals surface area contributed by atoms with Crippen LogP contribution in [0.25, 0.3) is 0 Å². The number of guanidine groups is 1. The molecule has 0 fully saturated rings. The van der Waals surface area contributed by atoms with Crippen molar-refractivity contribution >= 4 is 73.6 Å². The summed E-state index contributed by atoms with van der Waals surface area (Å²) in [5, 5.41) is 40.3. The molecule has 0 aromatic heterocycles. The molecule has 0 aliphatic carbocycles. The Balaban J connectivity index is 1.39. The highest BCUT2D eigenvalue weighted by molar-refractivity contribution is 7.87. The fraction of sp³-hybridized carbons (Fsp3) is 0.311. The van der Waals surface area contributed by atoms with Crippen LogP contribution in [0.4, 0.5) is 11.4 Å². The first-order chi connectivity index (χ1) is 35.3. The molecule has 30 heteroatoms. The smallest absolute Gasteiger partial charge is 0.343 e. The molecule has 0 spiro atoms. The van der Waals surface area contributed by atoms with E-state index < -0.39 is 114 Å². The first-order valence-corrected chi connectivity index (χ1v) is 25.0. The average Bonchev–Trinajstić information content (AvgIpc) is 3.32. The number of hydrogen-bond acceptors (Lipinski definition) is 18. The second-order valence-corrected chi connectivity index (χ2v) is 19.4. The summed E-state index contributed by atoms with van der Waals surface area (Å²) in [6, 6.07) is 17.6. The summed E-state index contributed by atoms with van der Waals surface area (Å²) in [7, 11) is -9.47. The third-order valence-corrected chi connectivity index (χ3v) is 13.2. The molecule has 0 bridgehead atoms. The number of aliphatic imine (C=N–C) groups is 1. The summed E-state index contributed by atoms with van der Waals surface area (Å²) >= 11 is 0. The maximum absolute atomic E-state index is 13.5. The molecule has 406 valence electrons. The van der Waals surface area contributed by atoms with Gasteiger partial charge in [-0.3, -0.25) is 30.6 Å². The summed E-state index contributed by atoms with van der Waals surface area (Å²) in [6.07, 6.45) is -3.01. The quantitative estimate of drug-likeness (QED) is 0.00754. The van der Waals surface area contributed by atoms with Crippen molar-refractivity contribution in [2.75, 3.05) is 44.8 Å². The maximum Gasteiger partial charge on any atom is 0.343 e. The lowest BCUT2D eigenvalue weighted by Crippen LogP contribution is -2.49. The van der Waals surface area contributed by atoms with Crippen molar-refractivity contribution < 1.29 is 85.0 Å². The molecule has 0 saturated carbocycles. The van der Waals surface area contributed by atoms with Crippen molar-refractivity contribution in [3.05, 3.63) is 119 Å². The Hall–Kier alpha value is -7.65. The minimum absolute atomic E-state index is 0.0800. The lowest BCUT2D eigenvalue weighted by atomic mass is 10.1. The van der Waals surface area contributed by atoms with E-state index in [1.54, 1.807) is 19.1 Å². The van der Waals surface area contributed by atoms with Crippen molar-refractivity contribution in [2.45, 2.75) is 51.2 Å². The van der Waals surface area contributed by atoms with Crippen molar-refractivity contribution in [1.29, 1.82) is 0 Å². The molecular weight excluding hydrogens is 1030 g/mol. The van der Waals surface area contributed by atoms with Crippen molar-refractivity contribution in [2.24, 2.45) is 27.9 Å². The number of ether oxygens (including phenoxy) is 4. The molecular formula is C45H56N10O18S2. The van der Waals surface area contributed by atoms with Crippen molar-refractivity contribution in [3.8, 4) is 11.5 Å². The summed E-state index contributed by atoms with van der Waals surface area (Å²) in [5.41, 5.74) is 24.6. The van der Waals surface area contributed by atoms with E-state index in [-0.39, 0.29) is 55.0 Å². The molecule has 0 unspecified atom stereocenters. The highest BCUT2D eigenvalue weighted by Crippen LogP contribution is 2.22. The zero-order valence-corrected chi connectivity index (χ0v) is 41.6. The van der Waals surface area contributed by atoms with Crippen LogP contribution in [-0.2, 0) is 62.2 Å². The molecule has 15 N–H and O–H groups in total. The van der Waals surface area contributed by atoms with Crippen LogP contribution >= 0.6 is 0 Å². The Labute approximate surface area is 429 Å². The van der Waals surface area contributed by atoms with Crippen LogP contribution in [-0.4, -0.2) is 146 Å². The number of nitrogens with zero attached hydrogens (tertiary/aromatic N) is 3. The fourth-order valence-corrected chi connectivity index (χ4v) is 9.11. The van der Waals surface area contributed by atoms with Gasteiger partial charge in [0.05, 0.1) is 56.1 Å². The first-order valence-electron chi connectivity index (χ1n) is 22.1. The minimum atomic E-state index is -4.73. The van der Waals surface area contributed by atoms with Gasteiger partial charge in [0.15, 0.2) is 5.96 Å².